The van der Waals surface area contributed by atoms with Crippen LogP contribution in [0.4, 0.5) is 11.4 Å². The van der Waals surface area contributed by atoms with E-state index in [-0.39, 0.29) is 11.7 Å². The Labute approximate surface area is 221 Å². The third-order valence-electron chi connectivity index (χ3n) is 8.27. The van der Waals surface area contributed by atoms with Crippen LogP contribution in [0.2, 0.25) is 0 Å². The molecule has 2 aromatic carbocycles. The van der Waals surface area contributed by atoms with Crippen molar-refractivity contribution in [1.29, 1.82) is 0 Å². The molecule has 1 N–H and O–H groups in total. The third-order valence-corrected chi connectivity index (χ3v) is 8.27. The molecule has 0 unspecified atom stereocenters. The van der Waals surface area contributed by atoms with Crippen molar-refractivity contribution in [2.45, 2.75) is 78.3 Å². The Balaban J connectivity index is 1.51. The van der Waals surface area contributed by atoms with Crippen LogP contribution in [0, 0.1) is 12.8 Å². The lowest BCUT2D eigenvalue weighted by Gasteiger charge is -2.36. The van der Waals surface area contributed by atoms with Crippen LogP contribution in [-0.4, -0.2) is 47.1 Å². The molecule has 3 aromatic rings. The van der Waals surface area contributed by atoms with Gasteiger partial charge in [0.1, 0.15) is 0 Å². The minimum Gasteiger partial charge on any atom is -0.381 e. The van der Waals surface area contributed by atoms with Crippen molar-refractivity contribution in [3.8, 4) is 11.1 Å². The van der Waals surface area contributed by atoms with Crippen molar-refractivity contribution in [2.75, 3.05) is 18.4 Å². The molecule has 0 spiro atoms. The molecule has 0 aliphatic heterocycles. The fourth-order valence-electron chi connectivity index (χ4n) is 5.88. The van der Waals surface area contributed by atoms with E-state index in [0.717, 1.165) is 83.3 Å². The lowest BCUT2D eigenvalue weighted by atomic mass is 9.89. The van der Waals surface area contributed by atoms with Crippen LogP contribution in [0.25, 0.3) is 22.0 Å². The largest absolute Gasteiger partial charge is 0.381 e. The van der Waals surface area contributed by atoms with E-state index in [4.69, 9.17) is 4.98 Å². The van der Waals surface area contributed by atoms with Crippen molar-refractivity contribution < 1.29 is 4.79 Å². The molecule has 1 heterocycles. The van der Waals surface area contributed by atoms with Crippen LogP contribution in [-0.2, 0) is 0 Å². The number of anilines is 1. The van der Waals surface area contributed by atoms with Crippen molar-refractivity contribution >= 4 is 34.3 Å². The van der Waals surface area contributed by atoms with E-state index < -0.39 is 0 Å². The van der Waals surface area contributed by atoms with Gasteiger partial charge in [-0.1, -0.05) is 32.0 Å². The molecular formula is C32H40N4O. The number of pyridine rings is 1. The Hall–Kier alpha value is -3.05. The second-order valence-corrected chi connectivity index (χ2v) is 10.7. The zero-order valence-corrected chi connectivity index (χ0v) is 22.8. The summed E-state index contributed by atoms with van der Waals surface area (Å²) < 4.78 is 0. The lowest BCUT2D eigenvalue weighted by Crippen LogP contribution is -2.40. The first-order valence-electron chi connectivity index (χ1n) is 14.1. The van der Waals surface area contributed by atoms with Crippen LogP contribution in [0.1, 0.15) is 75.2 Å². The number of hydrogen-bond donors (Lipinski definition) is 1. The van der Waals surface area contributed by atoms with Gasteiger partial charge in [-0.2, -0.15) is 0 Å². The monoisotopic (exact) mass is 496 g/mol. The van der Waals surface area contributed by atoms with Gasteiger partial charge in [0.25, 0.3) is 0 Å². The van der Waals surface area contributed by atoms with Gasteiger partial charge < -0.3 is 10.2 Å². The fourth-order valence-corrected chi connectivity index (χ4v) is 5.88. The van der Waals surface area contributed by atoms with E-state index in [2.05, 4.69) is 72.4 Å². The lowest BCUT2D eigenvalue weighted by molar-refractivity contribution is 0.0968. The number of Topliss-reactive ketones (excluding diaryl/α,β-unsaturated/α-hetero) is 1. The highest BCUT2D eigenvalue weighted by atomic mass is 16.1. The number of hydrogen-bond acceptors (Lipinski definition) is 5. The summed E-state index contributed by atoms with van der Waals surface area (Å²) in [4.78, 5) is 25.2. The number of rotatable bonds is 9. The molecule has 2 fully saturated rings. The Morgan fingerprint density at radius 1 is 1.03 bits per heavy atom. The van der Waals surface area contributed by atoms with Gasteiger partial charge in [-0.15, -0.1) is 0 Å². The highest BCUT2D eigenvalue weighted by Crippen LogP contribution is 2.39. The maximum atomic E-state index is 13.3. The van der Waals surface area contributed by atoms with E-state index in [1.165, 1.54) is 12.8 Å². The van der Waals surface area contributed by atoms with Gasteiger partial charge in [0.15, 0.2) is 5.78 Å². The van der Waals surface area contributed by atoms with Gasteiger partial charge >= 0.3 is 0 Å². The summed E-state index contributed by atoms with van der Waals surface area (Å²) in [6.07, 6.45) is 10.3. The second-order valence-electron chi connectivity index (χ2n) is 10.7. The summed E-state index contributed by atoms with van der Waals surface area (Å²) in [5, 5.41) is 4.91. The number of ketones is 1. The number of aryl methyl sites for hydroxylation is 1. The fraction of sp³-hybridized carbons (Fsp3) is 0.469. The normalized spacial score (nSPS) is 20.1. The van der Waals surface area contributed by atoms with Gasteiger partial charge in [0.2, 0.25) is 0 Å². The molecule has 0 atom stereocenters. The summed E-state index contributed by atoms with van der Waals surface area (Å²) in [5.41, 5.74) is 7.05. The smallest absolute Gasteiger partial charge is 0.169 e. The molecule has 194 valence electrons. The predicted molar refractivity (Wildman–Crippen MR) is 155 cm³/mol. The number of nitrogens with zero attached hydrogens (tertiary/aromatic N) is 3. The first-order valence-corrected chi connectivity index (χ1v) is 14.1. The van der Waals surface area contributed by atoms with Gasteiger partial charge in [-0.3, -0.25) is 14.8 Å². The number of fused-ring (bicyclic) bond motifs is 1. The highest BCUT2D eigenvalue weighted by Gasteiger charge is 2.33. The summed E-state index contributed by atoms with van der Waals surface area (Å²) in [5.74, 6) is 0.405. The van der Waals surface area contributed by atoms with Crippen LogP contribution < -0.4 is 5.32 Å². The van der Waals surface area contributed by atoms with Crippen molar-refractivity contribution in [1.82, 2.24) is 9.88 Å². The second kappa shape index (κ2) is 11.1. The Kier molecular flexibility index (Phi) is 7.71. The first-order chi connectivity index (χ1) is 18.0. The molecule has 37 heavy (non-hydrogen) atoms. The Bertz CT molecular complexity index is 1300. The quantitative estimate of drug-likeness (QED) is 0.245. The number of carbonyl (C=O) groups excluding carboxylic acids is 1. The van der Waals surface area contributed by atoms with Crippen molar-refractivity contribution in [2.24, 2.45) is 10.9 Å². The van der Waals surface area contributed by atoms with Gasteiger partial charge in [0.05, 0.1) is 22.5 Å². The summed E-state index contributed by atoms with van der Waals surface area (Å²) in [7, 11) is 0. The minimum absolute atomic E-state index is 0.160. The first kappa shape index (κ1) is 25.6. The number of benzene rings is 2. The summed E-state index contributed by atoms with van der Waals surface area (Å²) in [6.45, 7) is 10.8. The Morgan fingerprint density at radius 3 is 2.41 bits per heavy atom. The van der Waals surface area contributed by atoms with Crippen LogP contribution in [0.15, 0.2) is 47.6 Å². The maximum Gasteiger partial charge on any atom is 0.169 e. The van der Waals surface area contributed by atoms with E-state index in [0.29, 0.717) is 12.1 Å². The average molecular weight is 497 g/mol. The molecule has 2 aliphatic carbocycles. The summed E-state index contributed by atoms with van der Waals surface area (Å²) in [6, 6.07) is 13.9. The SMILES string of the molecule is CC=Nc1cc(-c2ccc3ncc(C(=O)C4CC4)c(NC4CCC(N(CC)CC)CC4)c3c2)ccc1C. The van der Waals surface area contributed by atoms with Crippen LogP contribution in [0.3, 0.4) is 0 Å². The van der Waals surface area contributed by atoms with E-state index in [9.17, 15) is 4.79 Å². The van der Waals surface area contributed by atoms with E-state index in [1.54, 1.807) is 0 Å². The molecule has 2 aliphatic rings. The minimum atomic E-state index is 0.160. The number of carbonyl (C=O) groups is 1. The highest BCUT2D eigenvalue weighted by molar-refractivity contribution is 6.10. The molecule has 5 heteroatoms. The number of aromatic nitrogens is 1. The zero-order chi connectivity index (χ0) is 25.9. The Morgan fingerprint density at radius 2 is 1.73 bits per heavy atom. The predicted octanol–water partition coefficient (Wildman–Crippen LogP) is 7.59. The third kappa shape index (κ3) is 5.47. The molecule has 5 nitrogen and oxygen atoms in total. The van der Waals surface area contributed by atoms with Crippen LogP contribution in [0.5, 0.6) is 0 Å². The molecule has 0 amide bonds. The molecule has 0 bridgehead atoms. The van der Waals surface area contributed by atoms with Crippen molar-refractivity contribution in [3.63, 3.8) is 0 Å². The zero-order valence-electron chi connectivity index (χ0n) is 22.8. The molecule has 5 rings (SSSR count). The molecule has 2 saturated carbocycles. The van der Waals surface area contributed by atoms with Crippen molar-refractivity contribution in [3.05, 3.63) is 53.7 Å². The number of aliphatic imine (C=N–C) groups is 1. The molecule has 0 saturated heterocycles. The topological polar surface area (TPSA) is 57.6 Å². The van der Waals surface area contributed by atoms with E-state index >= 15 is 0 Å². The van der Waals surface area contributed by atoms with Gasteiger partial charge in [-0.05, 0) is 100 Å². The van der Waals surface area contributed by atoms with Gasteiger partial charge in [-0.25, -0.2) is 0 Å². The van der Waals surface area contributed by atoms with Gasteiger partial charge in [0, 0.05) is 35.8 Å². The molecule has 0 radical (unpaired) electrons. The number of nitrogens with one attached hydrogen (secondary N) is 1. The standard InChI is InChI=1S/C32H40N4O/c1-5-33-30-19-24(9-8-21(30)4)23-12-17-29-27(18-23)31(28(20-34-29)32(37)22-10-11-22)35-25-13-15-26(16-14-25)36(6-2)7-3/h5,8-9,12,17-20,22,25-26H,6-7,10-11,13-16H2,1-4H3,(H,34,35). The summed E-state index contributed by atoms with van der Waals surface area (Å²) >= 11 is 0. The molecular weight excluding hydrogens is 456 g/mol. The maximum absolute atomic E-state index is 13.3. The van der Waals surface area contributed by atoms with E-state index in [1.807, 2.05) is 19.3 Å². The van der Waals surface area contributed by atoms with Crippen LogP contribution >= 0.6 is 0 Å². The molecule has 1 aromatic heterocycles. The average Bonchev–Trinajstić information content (AvgIpc) is 3.77.